The Bertz CT molecular complexity index is 1130. The van der Waals surface area contributed by atoms with Crippen molar-refractivity contribution < 1.29 is 14.3 Å². The van der Waals surface area contributed by atoms with E-state index in [1.165, 1.54) is 7.11 Å². The summed E-state index contributed by atoms with van der Waals surface area (Å²) < 4.78 is 11.0. The molecule has 2 heterocycles. The van der Waals surface area contributed by atoms with Gasteiger partial charge in [0, 0.05) is 32.3 Å². The number of nitrogens with one attached hydrogen (secondary N) is 2. The number of benzene rings is 2. The van der Waals surface area contributed by atoms with Crippen LogP contribution in [-0.4, -0.2) is 29.7 Å². The molecule has 5 nitrogen and oxygen atoms in total. The van der Waals surface area contributed by atoms with Gasteiger partial charge in [-0.3, -0.25) is 0 Å². The van der Waals surface area contributed by atoms with Crippen molar-refractivity contribution in [3.05, 3.63) is 52.0 Å². The second-order valence-corrected chi connectivity index (χ2v) is 7.16. The van der Waals surface area contributed by atoms with Crippen LogP contribution in [0.1, 0.15) is 0 Å². The van der Waals surface area contributed by atoms with Gasteiger partial charge in [-0.05, 0) is 30.3 Å². The van der Waals surface area contributed by atoms with Crippen molar-refractivity contribution in [3.8, 4) is 17.1 Å². The Morgan fingerprint density at radius 1 is 1.04 bits per heavy atom. The van der Waals surface area contributed by atoms with Crippen LogP contribution in [-0.2, 0) is 9.53 Å². The molecule has 0 aliphatic rings. The molecular formula is C19H14BrClN2O3. The van der Waals surface area contributed by atoms with Crippen LogP contribution in [0, 0.1) is 0 Å². The molecule has 0 aliphatic heterocycles. The second-order valence-electron chi connectivity index (χ2n) is 5.83. The third-order valence-electron chi connectivity index (χ3n) is 4.12. The minimum atomic E-state index is -0.461. The van der Waals surface area contributed by atoms with Gasteiger partial charge in [0.05, 0.1) is 23.5 Å². The molecule has 2 N–H and O–H groups in total. The van der Waals surface area contributed by atoms with Gasteiger partial charge in [0.25, 0.3) is 0 Å². The number of hydrogen-bond acceptors (Lipinski definition) is 3. The van der Waals surface area contributed by atoms with Crippen molar-refractivity contribution >= 4 is 55.3 Å². The summed E-state index contributed by atoms with van der Waals surface area (Å²) in [4.78, 5) is 18.0. The summed E-state index contributed by atoms with van der Waals surface area (Å²) in [5.74, 6) is -0.0314. The highest BCUT2D eigenvalue weighted by molar-refractivity contribution is 9.10. The number of esters is 1. The first kappa shape index (κ1) is 17.0. The van der Waals surface area contributed by atoms with Crippen molar-refractivity contribution in [2.24, 2.45) is 0 Å². The van der Waals surface area contributed by atoms with Crippen LogP contribution in [0.2, 0.25) is 5.02 Å². The molecule has 4 rings (SSSR count). The molecule has 7 heteroatoms. The largest absolute Gasteiger partial charge is 0.480 e. The first-order valence-electron chi connectivity index (χ1n) is 7.84. The molecular weight excluding hydrogens is 420 g/mol. The monoisotopic (exact) mass is 432 g/mol. The van der Waals surface area contributed by atoms with Crippen LogP contribution in [0.3, 0.4) is 0 Å². The highest BCUT2D eigenvalue weighted by atomic mass is 79.9. The molecule has 2 aromatic heterocycles. The molecule has 0 unspecified atom stereocenters. The number of ether oxygens (including phenoxy) is 2. The summed E-state index contributed by atoms with van der Waals surface area (Å²) in [6.45, 7) is -0.188. The Morgan fingerprint density at radius 2 is 1.73 bits per heavy atom. The quantitative estimate of drug-likeness (QED) is 0.430. The Hall–Kier alpha value is -2.44. The van der Waals surface area contributed by atoms with Gasteiger partial charge in [-0.25, -0.2) is 4.79 Å². The van der Waals surface area contributed by atoms with E-state index in [0.29, 0.717) is 10.8 Å². The summed E-state index contributed by atoms with van der Waals surface area (Å²) in [6.07, 6.45) is 0. The molecule has 0 atom stereocenters. The van der Waals surface area contributed by atoms with E-state index in [-0.39, 0.29) is 6.61 Å². The molecule has 0 amide bonds. The lowest BCUT2D eigenvalue weighted by Gasteiger charge is -2.06. The zero-order chi connectivity index (χ0) is 18.3. The molecule has 4 aromatic rings. The lowest BCUT2D eigenvalue weighted by molar-refractivity contribution is -0.142. The van der Waals surface area contributed by atoms with Gasteiger partial charge in [0.1, 0.15) is 5.75 Å². The minimum absolute atomic E-state index is 0.188. The van der Waals surface area contributed by atoms with E-state index in [4.69, 9.17) is 16.3 Å². The smallest absolute Gasteiger partial charge is 0.343 e. The zero-order valence-corrected chi connectivity index (χ0v) is 16.1. The van der Waals surface area contributed by atoms with Crippen molar-refractivity contribution in [1.82, 2.24) is 9.97 Å². The lowest BCUT2D eigenvalue weighted by Crippen LogP contribution is -2.12. The van der Waals surface area contributed by atoms with Crippen molar-refractivity contribution in [2.45, 2.75) is 0 Å². The predicted octanol–water partition coefficient (Wildman–Crippen LogP) is 5.28. The van der Waals surface area contributed by atoms with Crippen molar-refractivity contribution in [3.63, 3.8) is 0 Å². The average molecular weight is 434 g/mol. The summed E-state index contributed by atoms with van der Waals surface area (Å²) in [5.41, 5.74) is 3.83. The molecule has 0 radical (unpaired) electrons. The van der Waals surface area contributed by atoms with Crippen molar-refractivity contribution in [1.29, 1.82) is 0 Å². The van der Waals surface area contributed by atoms with Gasteiger partial charge in [-0.2, -0.15) is 0 Å². The molecule has 0 saturated heterocycles. The number of H-pyrrole nitrogens is 2. The molecule has 0 fully saturated rings. The Morgan fingerprint density at radius 3 is 2.46 bits per heavy atom. The number of methoxy groups -OCH3 is 1. The van der Waals surface area contributed by atoms with Gasteiger partial charge >= 0.3 is 5.97 Å². The number of fused-ring (bicyclic) bond motifs is 2. The number of aromatic amines is 2. The number of hydrogen-bond donors (Lipinski definition) is 2. The van der Waals surface area contributed by atoms with E-state index in [1.54, 1.807) is 6.07 Å². The third-order valence-corrected chi connectivity index (χ3v) is 4.91. The summed E-state index contributed by atoms with van der Waals surface area (Å²) in [5, 5.41) is 2.52. The van der Waals surface area contributed by atoms with Gasteiger partial charge in [0.15, 0.2) is 6.61 Å². The molecule has 0 bridgehead atoms. The van der Waals surface area contributed by atoms with Crippen LogP contribution in [0.4, 0.5) is 0 Å². The Balaban J connectivity index is 1.71. The topological polar surface area (TPSA) is 67.1 Å². The van der Waals surface area contributed by atoms with Gasteiger partial charge < -0.3 is 19.4 Å². The maximum absolute atomic E-state index is 11.3. The van der Waals surface area contributed by atoms with Crippen molar-refractivity contribution in [2.75, 3.05) is 13.7 Å². The molecule has 0 saturated carbocycles. The normalized spacial score (nSPS) is 11.2. The lowest BCUT2D eigenvalue weighted by atomic mass is 10.2. The van der Waals surface area contributed by atoms with Crippen LogP contribution in [0.5, 0.6) is 5.75 Å². The third kappa shape index (κ3) is 3.18. The van der Waals surface area contributed by atoms with Gasteiger partial charge in [-0.15, -0.1) is 0 Å². The number of carbonyl (C=O) groups excluding carboxylic acids is 1. The second kappa shape index (κ2) is 6.70. The highest BCUT2D eigenvalue weighted by Crippen LogP contribution is 2.33. The Labute approximate surface area is 162 Å². The van der Waals surface area contributed by atoms with Crippen LogP contribution < -0.4 is 4.74 Å². The van der Waals surface area contributed by atoms with Crippen LogP contribution in [0.25, 0.3) is 33.2 Å². The fourth-order valence-electron chi connectivity index (χ4n) is 2.83. The number of carbonyl (C=O) groups is 1. The maximum atomic E-state index is 11.3. The van der Waals surface area contributed by atoms with E-state index < -0.39 is 5.97 Å². The highest BCUT2D eigenvalue weighted by Gasteiger charge is 2.12. The van der Waals surface area contributed by atoms with E-state index in [2.05, 4.69) is 42.8 Å². The van der Waals surface area contributed by atoms with Gasteiger partial charge in [-0.1, -0.05) is 33.6 Å². The SMILES string of the molecule is COC(=O)COc1cc2[nH]c(-c3cc4ccc(Br)cc4[nH]3)cc2cc1Cl. The van der Waals surface area contributed by atoms with E-state index >= 15 is 0 Å². The number of rotatable bonds is 4. The molecule has 132 valence electrons. The first-order valence-corrected chi connectivity index (χ1v) is 9.01. The summed E-state index contributed by atoms with van der Waals surface area (Å²) >= 11 is 9.75. The predicted molar refractivity (Wildman–Crippen MR) is 106 cm³/mol. The molecule has 0 spiro atoms. The fourth-order valence-corrected chi connectivity index (χ4v) is 3.42. The minimum Gasteiger partial charge on any atom is -0.480 e. The number of aromatic nitrogens is 2. The van der Waals surface area contributed by atoms with Crippen LogP contribution in [0.15, 0.2) is 46.9 Å². The maximum Gasteiger partial charge on any atom is 0.343 e. The fraction of sp³-hybridized carbons (Fsp3) is 0.105. The van der Waals surface area contributed by atoms with E-state index in [9.17, 15) is 4.79 Å². The molecule has 2 aromatic carbocycles. The molecule has 26 heavy (non-hydrogen) atoms. The van der Waals surface area contributed by atoms with E-state index in [0.717, 1.165) is 37.7 Å². The average Bonchev–Trinajstić information content (AvgIpc) is 3.22. The Kier molecular flexibility index (Phi) is 4.38. The van der Waals surface area contributed by atoms with Gasteiger partial charge in [0.2, 0.25) is 0 Å². The zero-order valence-electron chi connectivity index (χ0n) is 13.7. The summed E-state index contributed by atoms with van der Waals surface area (Å²) in [7, 11) is 1.31. The summed E-state index contributed by atoms with van der Waals surface area (Å²) in [6, 6.07) is 13.8. The molecule has 0 aliphatic carbocycles. The van der Waals surface area contributed by atoms with E-state index in [1.807, 2.05) is 24.3 Å². The van der Waals surface area contributed by atoms with Crippen LogP contribution >= 0.6 is 27.5 Å². The number of halogens is 2. The standard InChI is InChI=1S/C19H14BrClN2O3/c1-25-19(24)9-26-18-8-15-11(4-13(18)21)6-17(23-15)16-5-10-2-3-12(20)7-14(10)22-16/h2-8,22-23H,9H2,1H3. The first-order chi connectivity index (χ1) is 12.5.